The number of imide groups is 1. The number of nitrogens with two attached hydrogens (primary N) is 1. The van der Waals surface area contributed by atoms with Gasteiger partial charge in [0.25, 0.3) is 5.91 Å². The van der Waals surface area contributed by atoms with E-state index >= 15 is 0 Å². The van der Waals surface area contributed by atoms with Gasteiger partial charge < -0.3 is 5.73 Å². The zero-order valence-corrected chi connectivity index (χ0v) is 15.6. The zero-order valence-electron chi connectivity index (χ0n) is 12.4. The summed E-state index contributed by atoms with van der Waals surface area (Å²) in [5.41, 5.74) is 5.90. The fourth-order valence-electron chi connectivity index (χ4n) is 1.79. The van der Waals surface area contributed by atoms with Crippen molar-refractivity contribution in [3.05, 3.63) is 63.6 Å². The highest BCUT2D eigenvalue weighted by molar-refractivity contribution is 7.82. The highest BCUT2D eigenvalue weighted by atomic mass is 35.5. The van der Waals surface area contributed by atoms with Crippen LogP contribution < -0.4 is 15.4 Å². The lowest BCUT2D eigenvalue weighted by Gasteiger charge is -2.16. The number of thiol groups is 1. The monoisotopic (exact) mass is 419 g/mol. The Morgan fingerprint density at radius 3 is 1.96 bits per heavy atom. The molecule has 6 nitrogen and oxygen atoms in total. The second-order valence-corrected chi connectivity index (χ2v) is 5.91. The van der Waals surface area contributed by atoms with Crippen LogP contribution in [0.4, 0.5) is 10.5 Å². The van der Waals surface area contributed by atoms with E-state index in [1.807, 2.05) is 0 Å². The maximum Gasteiger partial charge on any atom is 0.338 e. The van der Waals surface area contributed by atoms with Crippen molar-refractivity contribution in [1.82, 2.24) is 5.32 Å². The number of nitrogens with zero attached hydrogens (tertiary/aromatic N) is 1. The van der Waals surface area contributed by atoms with Crippen LogP contribution in [0.1, 0.15) is 20.7 Å². The van der Waals surface area contributed by atoms with E-state index < -0.39 is 17.8 Å². The first-order valence-electron chi connectivity index (χ1n) is 6.48. The number of hydrogen-bond donors (Lipinski definition) is 3. The average Bonchev–Trinajstić information content (AvgIpc) is 2.53. The average molecular weight is 421 g/mol. The van der Waals surface area contributed by atoms with E-state index in [0.29, 0.717) is 5.69 Å². The SMILES string of the molecule is Cl.NC(=O)c1ccc(N(S)C(=O)NC(=O)c2cc(Cl)cc(Cl)c2)cc1. The summed E-state index contributed by atoms with van der Waals surface area (Å²) in [6.07, 6.45) is 0. The quantitative estimate of drug-likeness (QED) is 0.661. The van der Waals surface area contributed by atoms with E-state index in [-0.39, 0.29) is 33.6 Å². The summed E-state index contributed by atoms with van der Waals surface area (Å²) in [7, 11) is 0. The first-order valence-corrected chi connectivity index (χ1v) is 7.64. The molecule has 0 spiro atoms. The van der Waals surface area contributed by atoms with Crippen LogP contribution in [-0.4, -0.2) is 17.8 Å². The van der Waals surface area contributed by atoms with Gasteiger partial charge in [-0.25, -0.2) is 9.10 Å². The van der Waals surface area contributed by atoms with Crippen LogP contribution in [0.5, 0.6) is 0 Å². The Balaban J connectivity index is 0.00000312. The molecule has 10 heteroatoms. The number of hydrogen-bond acceptors (Lipinski definition) is 4. The van der Waals surface area contributed by atoms with E-state index in [0.717, 1.165) is 4.31 Å². The van der Waals surface area contributed by atoms with Gasteiger partial charge >= 0.3 is 6.03 Å². The summed E-state index contributed by atoms with van der Waals surface area (Å²) in [6, 6.07) is 9.24. The molecule has 0 atom stereocenters. The van der Waals surface area contributed by atoms with Crippen molar-refractivity contribution < 1.29 is 14.4 Å². The van der Waals surface area contributed by atoms with E-state index in [1.165, 1.54) is 42.5 Å². The van der Waals surface area contributed by atoms with Crippen molar-refractivity contribution in [3.63, 3.8) is 0 Å². The van der Waals surface area contributed by atoms with Crippen molar-refractivity contribution in [3.8, 4) is 0 Å². The molecule has 0 unspecified atom stereocenters. The van der Waals surface area contributed by atoms with Gasteiger partial charge in [0.1, 0.15) is 0 Å². The number of primary amides is 1. The number of carbonyl (C=O) groups is 3. The number of nitrogens with one attached hydrogen (secondary N) is 1. The standard InChI is InChI=1S/C15H11Cl2N3O3S.ClH/c16-10-5-9(6-11(17)7-10)14(22)19-15(23)20(24)12-3-1-8(2-4-12)13(18)21;/h1-7,24H,(H2,18,21)(H,19,22,23);1H. The molecule has 2 aromatic carbocycles. The van der Waals surface area contributed by atoms with Crippen molar-refractivity contribution in [2.45, 2.75) is 0 Å². The Hall–Kier alpha value is -1.93. The Morgan fingerprint density at radius 1 is 0.960 bits per heavy atom. The Kier molecular flexibility index (Phi) is 7.57. The molecule has 4 amide bonds. The first kappa shape index (κ1) is 21.1. The number of amides is 4. The molecule has 132 valence electrons. The van der Waals surface area contributed by atoms with Crippen LogP contribution in [0.3, 0.4) is 0 Å². The molecule has 3 N–H and O–H groups in total. The third-order valence-electron chi connectivity index (χ3n) is 2.93. The lowest BCUT2D eigenvalue weighted by atomic mass is 10.2. The minimum absolute atomic E-state index is 0. The predicted molar refractivity (Wildman–Crippen MR) is 103 cm³/mol. The number of rotatable bonds is 3. The number of carbonyl (C=O) groups excluding carboxylic acids is 3. The summed E-state index contributed by atoms with van der Waals surface area (Å²) in [6.45, 7) is 0. The number of benzene rings is 2. The van der Waals surface area contributed by atoms with Gasteiger partial charge in [-0.3, -0.25) is 14.9 Å². The molecule has 0 saturated heterocycles. The van der Waals surface area contributed by atoms with Crippen LogP contribution in [0.25, 0.3) is 0 Å². The molecule has 0 saturated carbocycles. The van der Waals surface area contributed by atoms with Crippen LogP contribution in [0.2, 0.25) is 10.0 Å². The largest absolute Gasteiger partial charge is 0.366 e. The van der Waals surface area contributed by atoms with E-state index in [2.05, 4.69) is 18.1 Å². The Labute approximate surface area is 165 Å². The van der Waals surface area contributed by atoms with E-state index in [9.17, 15) is 14.4 Å². The fourth-order valence-corrected chi connectivity index (χ4v) is 2.50. The molecule has 0 radical (unpaired) electrons. The summed E-state index contributed by atoms with van der Waals surface area (Å²) in [5.74, 6) is -1.28. The topological polar surface area (TPSA) is 92.5 Å². The molecule has 0 bridgehead atoms. The van der Waals surface area contributed by atoms with E-state index in [4.69, 9.17) is 28.9 Å². The van der Waals surface area contributed by atoms with Crippen LogP contribution in [0.15, 0.2) is 42.5 Å². The van der Waals surface area contributed by atoms with Crippen LogP contribution in [0, 0.1) is 0 Å². The lowest BCUT2D eigenvalue weighted by Crippen LogP contribution is -2.38. The molecule has 0 aliphatic carbocycles. The summed E-state index contributed by atoms with van der Waals surface area (Å²) < 4.78 is 0.912. The lowest BCUT2D eigenvalue weighted by molar-refractivity contribution is 0.0964. The van der Waals surface area contributed by atoms with Crippen LogP contribution >= 0.6 is 48.4 Å². The normalized spacial score (nSPS) is 9.72. The minimum atomic E-state index is -0.786. The van der Waals surface area contributed by atoms with Gasteiger partial charge in [0.15, 0.2) is 0 Å². The van der Waals surface area contributed by atoms with Gasteiger partial charge in [0, 0.05) is 21.2 Å². The van der Waals surface area contributed by atoms with Gasteiger partial charge in [-0.15, -0.1) is 12.4 Å². The van der Waals surface area contributed by atoms with Gasteiger partial charge in [0.05, 0.1) is 5.69 Å². The predicted octanol–water partition coefficient (Wildman–Crippen LogP) is 3.72. The molecule has 2 rings (SSSR count). The van der Waals surface area contributed by atoms with Gasteiger partial charge in [-0.2, -0.15) is 0 Å². The van der Waals surface area contributed by atoms with Gasteiger partial charge in [-0.05, 0) is 42.5 Å². The Bertz CT molecular complexity index is 795. The molecule has 25 heavy (non-hydrogen) atoms. The molecule has 0 aliphatic rings. The first-order chi connectivity index (χ1) is 11.3. The Morgan fingerprint density at radius 2 is 1.48 bits per heavy atom. The smallest absolute Gasteiger partial charge is 0.338 e. The summed E-state index contributed by atoms with van der Waals surface area (Å²) >= 11 is 15.7. The van der Waals surface area contributed by atoms with Crippen molar-refractivity contribution in [2.24, 2.45) is 5.73 Å². The van der Waals surface area contributed by atoms with Gasteiger partial charge in [-0.1, -0.05) is 36.0 Å². The van der Waals surface area contributed by atoms with Crippen LogP contribution in [-0.2, 0) is 0 Å². The third-order valence-corrected chi connectivity index (χ3v) is 3.78. The summed E-state index contributed by atoms with van der Waals surface area (Å²) in [4.78, 5) is 35.2. The van der Waals surface area contributed by atoms with Crippen molar-refractivity contribution in [2.75, 3.05) is 4.31 Å². The maximum atomic E-state index is 12.1. The number of urea groups is 1. The van der Waals surface area contributed by atoms with Crippen molar-refractivity contribution in [1.29, 1.82) is 0 Å². The van der Waals surface area contributed by atoms with E-state index in [1.54, 1.807) is 0 Å². The number of anilines is 1. The molecule has 0 aliphatic heterocycles. The summed E-state index contributed by atoms with van der Waals surface area (Å²) in [5, 5.41) is 2.69. The fraction of sp³-hybridized carbons (Fsp3) is 0. The van der Waals surface area contributed by atoms with Crippen molar-refractivity contribution >= 4 is 72.0 Å². The zero-order chi connectivity index (χ0) is 17.9. The highest BCUT2D eigenvalue weighted by Crippen LogP contribution is 2.20. The second kappa shape index (κ2) is 8.96. The second-order valence-electron chi connectivity index (χ2n) is 4.64. The maximum absolute atomic E-state index is 12.1. The molecular weight excluding hydrogens is 409 g/mol. The molecule has 2 aromatic rings. The third kappa shape index (κ3) is 5.54. The molecule has 0 aromatic heterocycles. The molecular formula is C15H12Cl3N3O3S. The number of halogens is 3. The molecule has 0 heterocycles. The highest BCUT2D eigenvalue weighted by Gasteiger charge is 2.17. The molecule has 0 fully saturated rings. The van der Waals surface area contributed by atoms with Gasteiger partial charge in [0.2, 0.25) is 5.91 Å². The minimum Gasteiger partial charge on any atom is -0.366 e.